The normalized spacial score (nSPS) is 17.1. The number of hydrogen-bond donors (Lipinski definition) is 0. The fourth-order valence-electron chi connectivity index (χ4n) is 4.21. The number of rotatable bonds is 6. The number of benzene rings is 2. The van der Waals surface area contributed by atoms with Crippen molar-refractivity contribution in [1.29, 1.82) is 0 Å². The van der Waals surface area contributed by atoms with Gasteiger partial charge in [0, 0.05) is 33.2 Å². The number of halogens is 4. The van der Waals surface area contributed by atoms with Gasteiger partial charge in [-0.3, -0.25) is 4.90 Å². The standard InChI is InChI=1S/C25H27Cl4N5O/c1-25(2,3)22(9-5-16-4-6-17(26)14-20(16)28)34-24(30-31-32-34)23(33-10-12-35-13-11-33)19-8-7-18(27)15-21(19)29/h4-9,14-15,22-23H,10-13H2,1-3H3. The molecule has 6 nitrogen and oxygen atoms in total. The van der Waals surface area contributed by atoms with E-state index in [0.29, 0.717) is 39.1 Å². The van der Waals surface area contributed by atoms with Gasteiger partial charge in [-0.1, -0.05) is 91.5 Å². The fourth-order valence-corrected chi connectivity index (χ4v) is 5.19. The molecule has 4 rings (SSSR count). The summed E-state index contributed by atoms with van der Waals surface area (Å²) in [6.45, 7) is 9.16. The monoisotopic (exact) mass is 553 g/mol. The quantitative estimate of drug-likeness (QED) is 0.328. The number of ether oxygens (including phenoxy) is 1. The van der Waals surface area contributed by atoms with E-state index in [1.807, 2.05) is 35.0 Å². The van der Waals surface area contributed by atoms with Gasteiger partial charge < -0.3 is 4.74 Å². The molecule has 1 aromatic heterocycles. The molecule has 0 aliphatic carbocycles. The molecule has 0 N–H and O–H groups in total. The minimum atomic E-state index is -0.268. The van der Waals surface area contributed by atoms with Gasteiger partial charge in [-0.25, -0.2) is 4.68 Å². The summed E-state index contributed by atoms with van der Waals surface area (Å²) in [6, 6.07) is 10.5. The number of tetrazole rings is 1. The SMILES string of the molecule is CC(C)(C)C(C=Cc1ccc(Cl)cc1Cl)n1nnnc1C(c1ccc(Cl)cc1Cl)N1CCOCC1. The highest BCUT2D eigenvalue weighted by Gasteiger charge is 2.35. The number of hydrogen-bond acceptors (Lipinski definition) is 5. The van der Waals surface area contributed by atoms with Crippen molar-refractivity contribution in [1.82, 2.24) is 25.1 Å². The summed E-state index contributed by atoms with van der Waals surface area (Å²) in [7, 11) is 0. The van der Waals surface area contributed by atoms with Crippen LogP contribution in [0.5, 0.6) is 0 Å². The lowest BCUT2D eigenvalue weighted by Gasteiger charge is -2.36. The minimum Gasteiger partial charge on any atom is -0.379 e. The summed E-state index contributed by atoms with van der Waals surface area (Å²) < 4.78 is 7.48. The van der Waals surface area contributed by atoms with Gasteiger partial charge in [0.15, 0.2) is 5.82 Å². The van der Waals surface area contributed by atoms with E-state index in [9.17, 15) is 0 Å². The van der Waals surface area contributed by atoms with Crippen molar-refractivity contribution in [2.45, 2.75) is 32.9 Å². The van der Waals surface area contributed by atoms with Crippen molar-refractivity contribution in [2.24, 2.45) is 5.41 Å². The first-order valence-corrected chi connectivity index (χ1v) is 12.8. The zero-order valence-electron chi connectivity index (χ0n) is 19.8. The molecule has 2 heterocycles. The molecular weight excluding hydrogens is 528 g/mol. The smallest absolute Gasteiger partial charge is 0.173 e. The van der Waals surface area contributed by atoms with E-state index in [-0.39, 0.29) is 17.5 Å². The van der Waals surface area contributed by atoms with E-state index in [1.54, 1.807) is 12.1 Å². The summed E-state index contributed by atoms with van der Waals surface area (Å²) >= 11 is 25.4. The van der Waals surface area contributed by atoms with Gasteiger partial charge in [0.05, 0.1) is 25.3 Å². The molecule has 10 heteroatoms. The van der Waals surface area contributed by atoms with Crippen molar-refractivity contribution in [3.05, 3.63) is 79.5 Å². The Balaban J connectivity index is 1.79. The molecule has 1 aliphatic heterocycles. The van der Waals surface area contributed by atoms with Crippen LogP contribution in [0.2, 0.25) is 20.1 Å². The maximum atomic E-state index is 6.69. The van der Waals surface area contributed by atoms with Gasteiger partial charge in [-0.2, -0.15) is 0 Å². The van der Waals surface area contributed by atoms with Crippen LogP contribution >= 0.6 is 46.4 Å². The summed E-state index contributed by atoms with van der Waals surface area (Å²) in [4.78, 5) is 2.29. The predicted octanol–water partition coefficient (Wildman–Crippen LogP) is 7.01. The lowest BCUT2D eigenvalue weighted by atomic mass is 9.86. The third-order valence-electron chi connectivity index (χ3n) is 6.00. The molecule has 0 amide bonds. The van der Waals surface area contributed by atoms with Crippen molar-refractivity contribution in [2.75, 3.05) is 26.3 Å². The maximum Gasteiger partial charge on any atom is 0.173 e. The molecule has 2 aromatic carbocycles. The largest absolute Gasteiger partial charge is 0.379 e. The Morgan fingerprint density at radius 2 is 1.60 bits per heavy atom. The zero-order chi connectivity index (χ0) is 25.2. The number of morpholine rings is 1. The number of aromatic nitrogens is 4. The van der Waals surface area contributed by atoms with Gasteiger partial charge in [0.25, 0.3) is 0 Å². The summed E-state index contributed by atoms with van der Waals surface area (Å²) in [5.41, 5.74) is 1.55. The van der Waals surface area contributed by atoms with E-state index in [0.717, 1.165) is 24.2 Å². The van der Waals surface area contributed by atoms with Crippen LogP contribution in [0.3, 0.4) is 0 Å². The highest BCUT2D eigenvalue weighted by Crippen LogP contribution is 2.38. The van der Waals surface area contributed by atoms with Crippen molar-refractivity contribution in [3.8, 4) is 0 Å². The van der Waals surface area contributed by atoms with Crippen molar-refractivity contribution >= 4 is 52.5 Å². The van der Waals surface area contributed by atoms with Crippen LogP contribution in [0, 0.1) is 5.41 Å². The number of nitrogens with zero attached hydrogens (tertiary/aromatic N) is 5. The Bertz CT molecular complexity index is 1200. The summed E-state index contributed by atoms with van der Waals surface area (Å²) in [5, 5.41) is 15.4. The number of allylic oxidation sites excluding steroid dienone is 1. The second kappa shape index (κ2) is 11.2. The lowest BCUT2D eigenvalue weighted by Crippen LogP contribution is -2.41. The van der Waals surface area contributed by atoms with Gasteiger partial charge in [0.2, 0.25) is 0 Å². The Labute approximate surface area is 225 Å². The van der Waals surface area contributed by atoms with Crippen LogP contribution in [0.15, 0.2) is 42.5 Å². The third kappa shape index (κ3) is 6.19. The van der Waals surface area contributed by atoms with E-state index >= 15 is 0 Å². The average molecular weight is 555 g/mol. The van der Waals surface area contributed by atoms with Gasteiger partial charge in [0.1, 0.15) is 0 Å². The molecule has 0 spiro atoms. The molecule has 0 radical (unpaired) electrons. The molecule has 2 atom stereocenters. The molecule has 35 heavy (non-hydrogen) atoms. The fraction of sp³-hybridized carbons (Fsp3) is 0.400. The summed E-state index contributed by atoms with van der Waals surface area (Å²) in [5.74, 6) is 0.697. The van der Waals surface area contributed by atoms with E-state index in [1.165, 1.54) is 0 Å². The van der Waals surface area contributed by atoms with E-state index < -0.39 is 0 Å². The molecular formula is C25H27Cl4N5O. The molecule has 1 aliphatic rings. The molecule has 186 valence electrons. The van der Waals surface area contributed by atoms with Gasteiger partial charge in [-0.05, 0) is 51.2 Å². The first-order chi connectivity index (χ1) is 16.6. The first-order valence-electron chi connectivity index (χ1n) is 11.3. The van der Waals surface area contributed by atoms with Crippen molar-refractivity contribution in [3.63, 3.8) is 0 Å². The van der Waals surface area contributed by atoms with Crippen LogP contribution in [0.1, 0.15) is 49.8 Å². The molecule has 0 saturated carbocycles. The van der Waals surface area contributed by atoms with Crippen LogP contribution in [-0.4, -0.2) is 51.4 Å². The maximum absolute atomic E-state index is 6.69. The highest BCUT2D eigenvalue weighted by atomic mass is 35.5. The molecule has 1 fully saturated rings. The zero-order valence-corrected chi connectivity index (χ0v) is 22.8. The Morgan fingerprint density at radius 1 is 0.943 bits per heavy atom. The van der Waals surface area contributed by atoms with Gasteiger partial charge in [-0.15, -0.1) is 5.10 Å². The lowest BCUT2D eigenvalue weighted by molar-refractivity contribution is 0.0210. The second-order valence-electron chi connectivity index (χ2n) is 9.53. The van der Waals surface area contributed by atoms with Crippen LogP contribution in [0.4, 0.5) is 0 Å². The molecule has 1 saturated heterocycles. The van der Waals surface area contributed by atoms with Crippen LogP contribution in [0.25, 0.3) is 6.08 Å². The topological polar surface area (TPSA) is 56.1 Å². The summed E-state index contributed by atoms with van der Waals surface area (Å²) in [6.07, 6.45) is 4.06. The molecule has 3 aromatic rings. The van der Waals surface area contributed by atoms with Crippen molar-refractivity contribution < 1.29 is 4.74 Å². The Morgan fingerprint density at radius 3 is 2.23 bits per heavy atom. The van der Waals surface area contributed by atoms with E-state index in [4.69, 9.17) is 51.1 Å². The Hall–Kier alpha value is -1.67. The Kier molecular flexibility index (Phi) is 8.41. The van der Waals surface area contributed by atoms with Gasteiger partial charge >= 0.3 is 0 Å². The molecule has 2 unspecified atom stereocenters. The highest BCUT2D eigenvalue weighted by molar-refractivity contribution is 6.35. The second-order valence-corrected chi connectivity index (χ2v) is 11.2. The molecule has 0 bridgehead atoms. The van der Waals surface area contributed by atoms with E-state index in [2.05, 4.69) is 47.3 Å². The predicted molar refractivity (Wildman–Crippen MR) is 143 cm³/mol. The average Bonchev–Trinajstić information content (AvgIpc) is 3.25. The van der Waals surface area contributed by atoms with Crippen LogP contribution in [-0.2, 0) is 4.74 Å². The third-order valence-corrected chi connectivity index (χ3v) is 7.13. The minimum absolute atomic E-state index is 0.172. The first kappa shape index (κ1) is 26.4. The van der Waals surface area contributed by atoms with Crippen LogP contribution < -0.4 is 0 Å².